The number of aromatic nitrogens is 1. The zero-order valence-corrected chi connectivity index (χ0v) is 16.7. The van der Waals surface area contributed by atoms with E-state index in [-0.39, 0.29) is 5.91 Å². The Balaban J connectivity index is 1.46. The Bertz CT molecular complexity index is 1180. The third-order valence-corrected chi connectivity index (χ3v) is 5.52. The number of hydrogen-bond donors (Lipinski definition) is 0. The van der Waals surface area contributed by atoms with E-state index >= 15 is 0 Å². The molecular weight excluding hydrogens is 376 g/mol. The quantitative estimate of drug-likeness (QED) is 0.442. The molecule has 150 valence electrons. The van der Waals surface area contributed by atoms with Gasteiger partial charge in [-0.1, -0.05) is 47.6 Å². The summed E-state index contributed by atoms with van der Waals surface area (Å²) in [6, 6.07) is 23.6. The second kappa shape index (κ2) is 7.67. The average molecular weight is 398 g/mol. The molecule has 0 saturated heterocycles. The summed E-state index contributed by atoms with van der Waals surface area (Å²) in [5, 5.41) is 5.01. The molecule has 1 aromatic heterocycles. The molecule has 30 heavy (non-hydrogen) atoms. The number of nitrogens with zero attached hydrogens (tertiary/aromatic N) is 2. The van der Waals surface area contributed by atoms with E-state index in [1.165, 1.54) is 0 Å². The summed E-state index contributed by atoms with van der Waals surface area (Å²) in [6.45, 7) is 0.584. The molecule has 1 saturated carbocycles. The monoisotopic (exact) mass is 398 g/mol. The van der Waals surface area contributed by atoms with Crippen molar-refractivity contribution < 1.29 is 14.1 Å². The van der Waals surface area contributed by atoms with Crippen LogP contribution in [0.4, 0.5) is 0 Å². The molecule has 0 spiro atoms. The van der Waals surface area contributed by atoms with Crippen molar-refractivity contribution in [2.45, 2.75) is 25.4 Å². The van der Waals surface area contributed by atoms with E-state index < -0.39 is 0 Å². The highest BCUT2D eigenvalue weighted by atomic mass is 16.5. The number of fused-ring (bicyclic) bond motifs is 1. The predicted octanol–water partition coefficient (Wildman–Crippen LogP) is 5.31. The molecule has 0 atom stereocenters. The predicted molar refractivity (Wildman–Crippen MR) is 115 cm³/mol. The number of ether oxygens (including phenoxy) is 1. The second-order valence-electron chi connectivity index (χ2n) is 7.62. The van der Waals surface area contributed by atoms with E-state index in [0.717, 1.165) is 40.6 Å². The maximum atomic E-state index is 13.4. The topological polar surface area (TPSA) is 55.6 Å². The van der Waals surface area contributed by atoms with Gasteiger partial charge in [0.05, 0.1) is 12.5 Å². The van der Waals surface area contributed by atoms with Gasteiger partial charge in [-0.2, -0.15) is 0 Å². The van der Waals surface area contributed by atoms with E-state index in [0.29, 0.717) is 23.9 Å². The number of rotatable bonds is 6. The van der Waals surface area contributed by atoms with Crippen molar-refractivity contribution >= 4 is 16.8 Å². The molecule has 0 bridgehead atoms. The van der Waals surface area contributed by atoms with Crippen molar-refractivity contribution in [1.29, 1.82) is 0 Å². The highest BCUT2D eigenvalue weighted by Gasteiger charge is 2.33. The molecule has 4 aromatic rings. The number of methoxy groups -OCH3 is 1. The van der Waals surface area contributed by atoms with Gasteiger partial charge < -0.3 is 14.2 Å². The molecule has 1 heterocycles. The number of carbonyl (C=O) groups is 1. The first-order chi connectivity index (χ1) is 14.7. The summed E-state index contributed by atoms with van der Waals surface area (Å²) in [4.78, 5) is 15.4. The van der Waals surface area contributed by atoms with E-state index in [1.54, 1.807) is 7.11 Å². The average Bonchev–Trinajstić information content (AvgIpc) is 3.56. The summed E-state index contributed by atoms with van der Waals surface area (Å²) < 4.78 is 10.8. The molecule has 3 aromatic carbocycles. The largest absolute Gasteiger partial charge is 0.497 e. The summed E-state index contributed by atoms with van der Waals surface area (Å²) in [7, 11) is 1.65. The van der Waals surface area contributed by atoms with Crippen LogP contribution in [-0.2, 0) is 6.54 Å². The van der Waals surface area contributed by atoms with Gasteiger partial charge in [0.1, 0.15) is 11.3 Å². The highest BCUT2D eigenvalue weighted by Crippen LogP contribution is 2.33. The van der Waals surface area contributed by atoms with Crippen molar-refractivity contribution in [1.82, 2.24) is 10.1 Å². The van der Waals surface area contributed by atoms with Gasteiger partial charge in [-0.3, -0.25) is 4.79 Å². The summed E-state index contributed by atoms with van der Waals surface area (Å²) in [5.41, 5.74) is 3.44. The smallest absolute Gasteiger partial charge is 0.254 e. The minimum Gasteiger partial charge on any atom is -0.497 e. The lowest BCUT2D eigenvalue weighted by Crippen LogP contribution is -2.32. The van der Waals surface area contributed by atoms with Gasteiger partial charge in [0.25, 0.3) is 5.91 Å². The van der Waals surface area contributed by atoms with E-state index in [9.17, 15) is 4.79 Å². The zero-order valence-electron chi connectivity index (χ0n) is 16.7. The normalized spacial score (nSPS) is 13.4. The van der Waals surface area contributed by atoms with Crippen LogP contribution in [0.3, 0.4) is 0 Å². The third-order valence-electron chi connectivity index (χ3n) is 5.52. The first-order valence-electron chi connectivity index (χ1n) is 10.1. The van der Waals surface area contributed by atoms with E-state index in [2.05, 4.69) is 5.16 Å². The minimum atomic E-state index is 0.0374. The first kappa shape index (κ1) is 18.4. The molecule has 0 aliphatic heterocycles. The molecule has 5 heteroatoms. The van der Waals surface area contributed by atoms with Crippen LogP contribution in [0.1, 0.15) is 28.8 Å². The van der Waals surface area contributed by atoms with Crippen molar-refractivity contribution in [3.8, 4) is 17.1 Å². The Morgan fingerprint density at radius 2 is 1.83 bits per heavy atom. The lowest BCUT2D eigenvalue weighted by molar-refractivity contribution is 0.0730. The summed E-state index contributed by atoms with van der Waals surface area (Å²) in [5.74, 6) is 1.54. The fourth-order valence-corrected chi connectivity index (χ4v) is 3.72. The number of carbonyl (C=O) groups excluding carboxylic acids is 1. The van der Waals surface area contributed by atoms with Gasteiger partial charge in [0.2, 0.25) is 0 Å². The molecule has 0 unspecified atom stereocenters. The first-order valence-corrected chi connectivity index (χ1v) is 10.1. The van der Waals surface area contributed by atoms with E-state index in [4.69, 9.17) is 9.26 Å². The fourth-order valence-electron chi connectivity index (χ4n) is 3.72. The summed E-state index contributed by atoms with van der Waals surface area (Å²) >= 11 is 0. The van der Waals surface area contributed by atoms with Gasteiger partial charge in [-0.25, -0.2) is 0 Å². The molecule has 0 radical (unpaired) electrons. The van der Waals surface area contributed by atoms with Crippen molar-refractivity contribution in [2.75, 3.05) is 7.11 Å². The third kappa shape index (κ3) is 3.54. The van der Waals surface area contributed by atoms with Crippen LogP contribution in [0.25, 0.3) is 22.2 Å². The second-order valence-corrected chi connectivity index (χ2v) is 7.62. The van der Waals surface area contributed by atoms with E-state index in [1.807, 2.05) is 77.7 Å². The van der Waals surface area contributed by atoms with Crippen LogP contribution in [0.15, 0.2) is 77.3 Å². The Kier molecular flexibility index (Phi) is 4.71. The number of hydrogen-bond acceptors (Lipinski definition) is 4. The maximum absolute atomic E-state index is 13.4. The molecule has 5 nitrogen and oxygen atoms in total. The molecule has 0 N–H and O–H groups in total. The van der Waals surface area contributed by atoms with Crippen LogP contribution in [0.5, 0.6) is 5.75 Å². The molecule has 1 amide bonds. The number of amides is 1. The Morgan fingerprint density at radius 1 is 1.07 bits per heavy atom. The van der Waals surface area contributed by atoms with Crippen LogP contribution in [0, 0.1) is 0 Å². The number of benzene rings is 3. The van der Waals surface area contributed by atoms with Crippen molar-refractivity contribution in [2.24, 2.45) is 0 Å². The fraction of sp³-hybridized carbons (Fsp3) is 0.200. The van der Waals surface area contributed by atoms with Crippen molar-refractivity contribution in [3.63, 3.8) is 0 Å². The SMILES string of the molecule is COc1ccc(CN(C(=O)c2ccc3noc(-c4ccccc4)c3c2)C2CC2)cc1. The lowest BCUT2D eigenvalue weighted by Gasteiger charge is -2.23. The Labute approximate surface area is 174 Å². The summed E-state index contributed by atoms with van der Waals surface area (Å²) in [6.07, 6.45) is 2.10. The minimum absolute atomic E-state index is 0.0374. The van der Waals surface area contributed by atoms with Crippen LogP contribution >= 0.6 is 0 Å². The lowest BCUT2D eigenvalue weighted by atomic mass is 10.1. The van der Waals surface area contributed by atoms with Crippen LogP contribution in [-0.4, -0.2) is 29.1 Å². The van der Waals surface area contributed by atoms with Gasteiger partial charge in [-0.05, 0) is 48.7 Å². The van der Waals surface area contributed by atoms with Gasteiger partial charge in [0.15, 0.2) is 5.76 Å². The zero-order chi connectivity index (χ0) is 20.5. The van der Waals surface area contributed by atoms with Gasteiger partial charge >= 0.3 is 0 Å². The van der Waals surface area contributed by atoms with Gasteiger partial charge in [-0.15, -0.1) is 0 Å². The molecule has 1 aliphatic rings. The maximum Gasteiger partial charge on any atom is 0.254 e. The Hall–Kier alpha value is -3.60. The van der Waals surface area contributed by atoms with Crippen molar-refractivity contribution in [3.05, 3.63) is 83.9 Å². The van der Waals surface area contributed by atoms with Crippen LogP contribution in [0.2, 0.25) is 0 Å². The standard InChI is InChI=1S/C25H22N2O3/c1-29-21-12-7-17(8-13-21)16-27(20-10-11-20)25(28)19-9-14-23-22(15-19)24(30-26-23)18-5-3-2-4-6-18/h2-9,12-15,20H,10-11,16H2,1H3. The highest BCUT2D eigenvalue weighted by molar-refractivity contribution is 6.01. The van der Waals surface area contributed by atoms with Crippen LogP contribution < -0.4 is 4.74 Å². The Morgan fingerprint density at radius 3 is 2.53 bits per heavy atom. The van der Waals surface area contributed by atoms with Gasteiger partial charge in [0, 0.05) is 23.7 Å². The molecule has 5 rings (SSSR count). The molecular formula is C25H22N2O3. The molecule has 1 aliphatic carbocycles. The molecule has 1 fully saturated rings.